The van der Waals surface area contributed by atoms with Crippen LogP contribution in [0.4, 0.5) is 11.4 Å². The van der Waals surface area contributed by atoms with Crippen LogP contribution in [0.5, 0.6) is 0 Å². The van der Waals surface area contributed by atoms with E-state index in [0.717, 1.165) is 6.67 Å². The smallest absolute Gasteiger partial charge is 0.0904 e. The zero-order chi connectivity index (χ0) is 10.7. The van der Waals surface area contributed by atoms with Crippen LogP contribution < -0.4 is 9.80 Å². The van der Waals surface area contributed by atoms with E-state index in [-0.39, 0.29) is 0 Å². The third-order valence-corrected chi connectivity index (χ3v) is 4.38. The van der Waals surface area contributed by atoms with Gasteiger partial charge in [-0.15, -0.1) is 0 Å². The summed E-state index contributed by atoms with van der Waals surface area (Å²) in [6.07, 6.45) is 5.24. The van der Waals surface area contributed by atoms with Crippen LogP contribution in [0.2, 0.25) is 0 Å². The Morgan fingerprint density at radius 1 is 1.00 bits per heavy atom. The molecule has 3 aliphatic heterocycles. The Labute approximate surface area is 96.9 Å². The zero-order valence-electron chi connectivity index (χ0n) is 9.92. The molecule has 0 saturated heterocycles. The molecule has 0 radical (unpaired) electrons. The second-order valence-electron chi connectivity index (χ2n) is 5.40. The Kier molecular flexibility index (Phi) is 1.63. The van der Waals surface area contributed by atoms with Gasteiger partial charge in [-0.05, 0) is 49.3 Å². The van der Waals surface area contributed by atoms with Crippen molar-refractivity contribution in [3.8, 4) is 0 Å². The lowest BCUT2D eigenvalue weighted by Crippen LogP contribution is -2.34. The second kappa shape index (κ2) is 2.93. The van der Waals surface area contributed by atoms with Gasteiger partial charge in [-0.25, -0.2) is 0 Å². The minimum atomic E-state index is 1.15. The van der Waals surface area contributed by atoms with Crippen LogP contribution in [-0.4, -0.2) is 19.8 Å². The number of aryl methyl sites for hydroxylation is 2. The number of hydrogen-bond acceptors (Lipinski definition) is 2. The zero-order valence-corrected chi connectivity index (χ0v) is 9.92. The SMILES string of the molecule is Cc1cc2c3c4c1CCCN4CN3CCC2. The molecule has 4 rings (SSSR count). The summed E-state index contributed by atoms with van der Waals surface area (Å²) in [4.78, 5) is 5.21. The van der Waals surface area contributed by atoms with Gasteiger partial charge in [-0.3, -0.25) is 0 Å². The summed E-state index contributed by atoms with van der Waals surface area (Å²) in [6.45, 7) is 5.98. The van der Waals surface area contributed by atoms with E-state index >= 15 is 0 Å². The van der Waals surface area contributed by atoms with Crippen molar-refractivity contribution in [1.82, 2.24) is 0 Å². The summed E-state index contributed by atoms with van der Waals surface area (Å²) < 4.78 is 0. The molecular formula is C14H18N2. The molecule has 0 saturated carbocycles. The number of nitrogens with zero attached hydrogens (tertiary/aromatic N) is 2. The van der Waals surface area contributed by atoms with Crippen molar-refractivity contribution in [2.45, 2.75) is 32.6 Å². The minimum absolute atomic E-state index is 1.15. The third-order valence-electron chi connectivity index (χ3n) is 4.38. The van der Waals surface area contributed by atoms with Gasteiger partial charge in [0.2, 0.25) is 0 Å². The first-order chi connectivity index (χ1) is 7.84. The quantitative estimate of drug-likeness (QED) is 0.654. The monoisotopic (exact) mass is 214 g/mol. The third kappa shape index (κ3) is 0.977. The van der Waals surface area contributed by atoms with Crippen molar-refractivity contribution >= 4 is 11.4 Å². The average Bonchev–Trinajstić information content (AvgIpc) is 2.67. The lowest BCUT2D eigenvalue weighted by atomic mass is 9.91. The second-order valence-corrected chi connectivity index (χ2v) is 5.40. The maximum absolute atomic E-state index is 2.61. The van der Waals surface area contributed by atoms with Crippen molar-refractivity contribution in [3.05, 3.63) is 22.8 Å². The Balaban J connectivity index is 2.03. The van der Waals surface area contributed by atoms with Gasteiger partial charge in [0, 0.05) is 13.1 Å². The fourth-order valence-electron chi connectivity index (χ4n) is 3.72. The Morgan fingerprint density at radius 2 is 1.75 bits per heavy atom. The lowest BCUT2D eigenvalue weighted by Gasteiger charge is -2.28. The van der Waals surface area contributed by atoms with Crippen LogP contribution >= 0.6 is 0 Å². The van der Waals surface area contributed by atoms with Crippen LogP contribution in [0.25, 0.3) is 0 Å². The molecule has 0 aromatic heterocycles. The summed E-state index contributed by atoms with van der Waals surface area (Å²) in [5.74, 6) is 0. The standard InChI is InChI=1S/C14H18N2/c1-10-8-11-4-2-6-15-9-16-7-3-5-12(10)14(16)13(11)15/h8H,2-7,9H2,1H3. The van der Waals surface area contributed by atoms with Crippen molar-refractivity contribution < 1.29 is 0 Å². The number of hydrogen-bond donors (Lipinski definition) is 0. The van der Waals surface area contributed by atoms with Gasteiger partial charge < -0.3 is 9.80 Å². The van der Waals surface area contributed by atoms with Crippen LogP contribution in [-0.2, 0) is 12.8 Å². The number of benzene rings is 1. The molecule has 0 bridgehead atoms. The number of rotatable bonds is 0. The van der Waals surface area contributed by atoms with E-state index in [9.17, 15) is 0 Å². The highest BCUT2D eigenvalue weighted by Gasteiger charge is 2.34. The summed E-state index contributed by atoms with van der Waals surface area (Å²) in [6, 6.07) is 2.45. The topological polar surface area (TPSA) is 6.48 Å². The largest absolute Gasteiger partial charge is 0.352 e. The van der Waals surface area contributed by atoms with Crippen molar-refractivity contribution in [2.75, 3.05) is 29.6 Å². The van der Waals surface area contributed by atoms with Crippen molar-refractivity contribution in [2.24, 2.45) is 0 Å². The first kappa shape index (κ1) is 8.91. The first-order valence-electron chi connectivity index (χ1n) is 6.50. The molecule has 0 spiro atoms. The molecule has 3 heterocycles. The van der Waals surface area contributed by atoms with E-state index in [1.165, 1.54) is 44.3 Å². The molecule has 0 aliphatic carbocycles. The fourth-order valence-corrected chi connectivity index (χ4v) is 3.72. The Morgan fingerprint density at radius 3 is 2.62 bits per heavy atom. The highest BCUT2D eigenvalue weighted by Crippen LogP contribution is 2.47. The summed E-state index contributed by atoms with van der Waals surface area (Å²) >= 11 is 0. The first-order valence-corrected chi connectivity index (χ1v) is 6.50. The molecule has 0 N–H and O–H groups in total. The van der Waals surface area contributed by atoms with Gasteiger partial charge in [-0.2, -0.15) is 0 Å². The molecule has 0 unspecified atom stereocenters. The van der Waals surface area contributed by atoms with Crippen LogP contribution in [0.15, 0.2) is 6.07 Å². The van der Waals surface area contributed by atoms with Crippen molar-refractivity contribution in [3.63, 3.8) is 0 Å². The predicted molar refractivity (Wildman–Crippen MR) is 67.4 cm³/mol. The normalized spacial score (nSPS) is 21.3. The maximum atomic E-state index is 2.61. The van der Waals surface area contributed by atoms with Crippen LogP contribution in [0.3, 0.4) is 0 Å². The van der Waals surface area contributed by atoms with E-state index in [1.807, 2.05) is 0 Å². The molecular weight excluding hydrogens is 196 g/mol. The van der Waals surface area contributed by atoms with Gasteiger partial charge in [-0.1, -0.05) is 6.07 Å². The highest BCUT2D eigenvalue weighted by molar-refractivity contribution is 5.84. The Bertz CT molecular complexity index is 464. The molecule has 16 heavy (non-hydrogen) atoms. The van der Waals surface area contributed by atoms with Crippen LogP contribution in [0, 0.1) is 6.92 Å². The maximum Gasteiger partial charge on any atom is 0.0904 e. The van der Waals surface area contributed by atoms with Gasteiger partial charge in [0.05, 0.1) is 18.0 Å². The lowest BCUT2D eigenvalue weighted by molar-refractivity contribution is 0.673. The van der Waals surface area contributed by atoms with Gasteiger partial charge in [0.25, 0.3) is 0 Å². The molecule has 0 fully saturated rings. The van der Waals surface area contributed by atoms with Gasteiger partial charge >= 0.3 is 0 Å². The van der Waals surface area contributed by atoms with Crippen LogP contribution in [0.1, 0.15) is 29.5 Å². The van der Waals surface area contributed by atoms with E-state index in [4.69, 9.17) is 0 Å². The number of anilines is 2. The van der Waals surface area contributed by atoms with Gasteiger partial charge in [0.15, 0.2) is 0 Å². The average molecular weight is 214 g/mol. The molecule has 2 nitrogen and oxygen atoms in total. The molecule has 2 heteroatoms. The molecule has 1 aromatic rings. The molecule has 1 aromatic carbocycles. The van der Waals surface area contributed by atoms with E-state index in [1.54, 1.807) is 22.5 Å². The summed E-state index contributed by atoms with van der Waals surface area (Å²) in [5, 5.41) is 0. The fraction of sp³-hybridized carbons (Fsp3) is 0.571. The highest BCUT2D eigenvalue weighted by atomic mass is 15.4. The molecule has 3 aliphatic rings. The van der Waals surface area contributed by atoms with E-state index in [0.29, 0.717) is 0 Å². The van der Waals surface area contributed by atoms with E-state index in [2.05, 4.69) is 22.8 Å². The summed E-state index contributed by atoms with van der Waals surface area (Å²) in [5.41, 5.74) is 7.95. The molecule has 0 amide bonds. The minimum Gasteiger partial charge on any atom is -0.352 e. The molecule has 0 atom stereocenters. The van der Waals surface area contributed by atoms with E-state index < -0.39 is 0 Å². The summed E-state index contributed by atoms with van der Waals surface area (Å²) in [7, 11) is 0. The Hall–Kier alpha value is -1.18. The van der Waals surface area contributed by atoms with Crippen molar-refractivity contribution in [1.29, 1.82) is 0 Å². The molecule has 84 valence electrons. The van der Waals surface area contributed by atoms with Gasteiger partial charge in [0.1, 0.15) is 0 Å². The predicted octanol–water partition coefficient (Wildman–Crippen LogP) is 2.47.